The average molecular weight is 319 g/mol. The number of aliphatic hydroxyl groups excluding tert-OH is 2. The number of carbonyl (C=O) groups is 1. The maximum atomic E-state index is 11.1. The number of amides is 1. The van der Waals surface area contributed by atoms with Crippen LogP contribution < -0.4 is 5.32 Å². The van der Waals surface area contributed by atoms with E-state index < -0.39 is 24.4 Å². The van der Waals surface area contributed by atoms with Crippen LogP contribution in [0.3, 0.4) is 0 Å². The molecule has 0 bridgehead atoms. The molecule has 0 spiro atoms. The SMILES string of the molecule is CC(=O)N[C@@H]1COC(c2ccc(C3CCCC3)cc2)C(O)C1O. The molecule has 5 nitrogen and oxygen atoms in total. The van der Waals surface area contributed by atoms with Crippen molar-refractivity contribution in [2.75, 3.05) is 6.61 Å². The summed E-state index contributed by atoms with van der Waals surface area (Å²) in [5.74, 6) is 0.403. The Kier molecular flexibility index (Phi) is 4.99. The van der Waals surface area contributed by atoms with Crippen LogP contribution in [0.2, 0.25) is 0 Å². The molecule has 0 aromatic heterocycles. The summed E-state index contributed by atoms with van der Waals surface area (Å²) in [4.78, 5) is 11.1. The summed E-state index contributed by atoms with van der Waals surface area (Å²) in [5.41, 5.74) is 2.20. The van der Waals surface area contributed by atoms with Gasteiger partial charge in [0.1, 0.15) is 18.3 Å². The van der Waals surface area contributed by atoms with Crippen molar-refractivity contribution in [3.8, 4) is 0 Å². The molecular formula is C18H25NO4. The van der Waals surface area contributed by atoms with E-state index in [1.807, 2.05) is 12.1 Å². The summed E-state index contributed by atoms with van der Waals surface area (Å²) in [6, 6.07) is 7.60. The Morgan fingerprint density at radius 1 is 1.09 bits per heavy atom. The first-order valence-electron chi connectivity index (χ1n) is 8.41. The maximum Gasteiger partial charge on any atom is 0.217 e. The highest BCUT2D eigenvalue weighted by molar-refractivity contribution is 5.73. The first-order chi connectivity index (χ1) is 11.1. The van der Waals surface area contributed by atoms with Gasteiger partial charge in [-0.05, 0) is 29.9 Å². The minimum atomic E-state index is -1.06. The van der Waals surface area contributed by atoms with Crippen molar-refractivity contribution in [3.63, 3.8) is 0 Å². The second-order valence-electron chi connectivity index (χ2n) is 6.69. The number of hydrogen-bond acceptors (Lipinski definition) is 4. The molecule has 3 N–H and O–H groups in total. The zero-order valence-electron chi connectivity index (χ0n) is 13.4. The van der Waals surface area contributed by atoms with Gasteiger partial charge in [0, 0.05) is 6.92 Å². The van der Waals surface area contributed by atoms with Gasteiger partial charge in [-0.25, -0.2) is 0 Å². The lowest BCUT2D eigenvalue weighted by molar-refractivity contribution is -0.156. The fraction of sp³-hybridized carbons (Fsp3) is 0.611. The van der Waals surface area contributed by atoms with Gasteiger partial charge in [-0.2, -0.15) is 0 Å². The topological polar surface area (TPSA) is 78.8 Å². The second kappa shape index (κ2) is 6.99. The van der Waals surface area contributed by atoms with E-state index in [0.717, 1.165) is 5.56 Å². The van der Waals surface area contributed by atoms with Gasteiger partial charge < -0.3 is 20.3 Å². The Morgan fingerprint density at radius 2 is 1.70 bits per heavy atom. The molecule has 1 saturated heterocycles. The molecule has 3 rings (SSSR count). The van der Waals surface area contributed by atoms with Crippen LogP contribution in [0.1, 0.15) is 55.8 Å². The van der Waals surface area contributed by atoms with Gasteiger partial charge in [0.15, 0.2) is 0 Å². The van der Waals surface area contributed by atoms with Crippen LogP contribution in [0.15, 0.2) is 24.3 Å². The van der Waals surface area contributed by atoms with Gasteiger partial charge in [-0.15, -0.1) is 0 Å². The van der Waals surface area contributed by atoms with Crippen molar-refractivity contribution < 1.29 is 19.7 Å². The van der Waals surface area contributed by atoms with Gasteiger partial charge in [0.2, 0.25) is 5.91 Å². The normalized spacial score (nSPS) is 32.0. The van der Waals surface area contributed by atoms with Gasteiger partial charge in [-0.3, -0.25) is 4.79 Å². The predicted molar refractivity (Wildman–Crippen MR) is 86.0 cm³/mol. The van der Waals surface area contributed by atoms with Crippen molar-refractivity contribution in [1.29, 1.82) is 0 Å². The van der Waals surface area contributed by atoms with E-state index in [1.54, 1.807) is 0 Å². The number of benzene rings is 1. The van der Waals surface area contributed by atoms with Crippen molar-refractivity contribution in [2.45, 2.75) is 62.9 Å². The monoisotopic (exact) mass is 319 g/mol. The molecular weight excluding hydrogens is 294 g/mol. The smallest absolute Gasteiger partial charge is 0.217 e. The quantitative estimate of drug-likeness (QED) is 0.791. The van der Waals surface area contributed by atoms with Crippen LogP contribution in [-0.2, 0) is 9.53 Å². The molecule has 1 aliphatic carbocycles. The van der Waals surface area contributed by atoms with Crippen molar-refractivity contribution >= 4 is 5.91 Å². The minimum absolute atomic E-state index is 0.187. The average Bonchev–Trinajstić information content (AvgIpc) is 3.06. The number of rotatable bonds is 3. The molecule has 4 atom stereocenters. The van der Waals surface area contributed by atoms with E-state index in [4.69, 9.17) is 4.74 Å². The van der Waals surface area contributed by atoms with Gasteiger partial charge in [0.25, 0.3) is 0 Å². The standard InChI is InChI=1S/C18H25NO4/c1-11(20)19-15-10-23-18(17(22)16(15)21)14-8-6-13(7-9-14)12-4-2-3-5-12/h6-9,12,15-18,21-22H,2-5,10H2,1H3,(H,19,20)/t15-,16?,17?,18?/m1/s1. The Bertz CT molecular complexity index is 538. The van der Waals surface area contributed by atoms with E-state index in [1.165, 1.54) is 38.2 Å². The van der Waals surface area contributed by atoms with Crippen molar-refractivity contribution in [1.82, 2.24) is 5.32 Å². The molecule has 1 heterocycles. The molecule has 2 fully saturated rings. The molecule has 126 valence electrons. The lowest BCUT2D eigenvalue weighted by Crippen LogP contribution is -2.56. The lowest BCUT2D eigenvalue weighted by Gasteiger charge is -2.38. The predicted octanol–water partition coefficient (Wildman–Crippen LogP) is 1.64. The zero-order valence-corrected chi connectivity index (χ0v) is 13.4. The molecule has 1 aliphatic heterocycles. The van der Waals surface area contributed by atoms with E-state index in [9.17, 15) is 15.0 Å². The third-order valence-electron chi connectivity index (χ3n) is 5.01. The van der Waals surface area contributed by atoms with Crippen LogP contribution in [0.5, 0.6) is 0 Å². The number of aliphatic hydroxyl groups is 2. The largest absolute Gasteiger partial charge is 0.388 e. The number of nitrogens with one attached hydrogen (secondary N) is 1. The molecule has 1 aromatic carbocycles. The fourth-order valence-corrected chi connectivity index (χ4v) is 3.72. The van der Waals surface area contributed by atoms with Gasteiger partial charge in [0.05, 0.1) is 12.6 Å². The number of hydrogen-bond donors (Lipinski definition) is 3. The van der Waals surface area contributed by atoms with Gasteiger partial charge in [-0.1, -0.05) is 37.1 Å². The van der Waals surface area contributed by atoms with Crippen LogP contribution in [0, 0.1) is 0 Å². The fourth-order valence-electron chi connectivity index (χ4n) is 3.72. The molecule has 1 aromatic rings. The Morgan fingerprint density at radius 3 is 2.30 bits per heavy atom. The molecule has 3 unspecified atom stereocenters. The summed E-state index contributed by atoms with van der Waals surface area (Å²) in [7, 11) is 0. The Balaban J connectivity index is 1.68. The maximum absolute atomic E-state index is 11.1. The summed E-state index contributed by atoms with van der Waals surface area (Å²) < 4.78 is 5.70. The van der Waals surface area contributed by atoms with Crippen molar-refractivity contribution in [2.24, 2.45) is 0 Å². The number of carbonyl (C=O) groups excluding carboxylic acids is 1. The summed E-state index contributed by atoms with van der Waals surface area (Å²) in [6.45, 7) is 1.57. The summed E-state index contributed by atoms with van der Waals surface area (Å²) in [6.07, 6.45) is 2.44. The lowest BCUT2D eigenvalue weighted by atomic mass is 9.91. The second-order valence-corrected chi connectivity index (χ2v) is 6.69. The molecule has 5 heteroatoms. The summed E-state index contributed by atoms with van der Waals surface area (Å²) in [5, 5.41) is 23.1. The first kappa shape index (κ1) is 16.4. The van der Waals surface area contributed by atoms with Crippen LogP contribution >= 0.6 is 0 Å². The molecule has 0 radical (unpaired) electrons. The van der Waals surface area contributed by atoms with Crippen LogP contribution in [0.25, 0.3) is 0 Å². The van der Waals surface area contributed by atoms with Crippen LogP contribution in [0.4, 0.5) is 0 Å². The Hall–Kier alpha value is -1.43. The van der Waals surface area contributed by atoms with E-state index in [0.29, 0.717) is 5.92 Å². The first-order valence-corrected chi connectivity index (χ1v) is 8.41. The highest BCUT2D eigenvalue weighted by Crippen LogP contribution is 2.35. The van der Waals surface area contributed by atoms with Gasteiger partial charge >= 0.3 is 0 Å². The molecule has 1 amide bonds. The van der Waals surface area contributed by atoms with E-state index in [-0.39, 0.29) is 12.5 Å². The van der Waals surface area contributed by atoms with Crippen LogP contribution in [-0.4, -0.2) is 41.0 Å². The Labute approximate surface area is 136 Å². The van der Waals surface area contributed by atoms with Crippen molar-refractivity contribution in [3.05, 3.63) is 35.4 Å². The number of ether oxygens (including phenoxy) is 1. The zero-order chi connectivity index (χ0) is 16.4. The summed E-state index contributed by atoms with van der Waals surface area (Å²) >= 11 is 0. The minimum Gasteiger partial charge on any atom is -0.388 e. The molecule has 2 aliphatic rings. The molecule has 23 heavy (non-hydrogen) atoms. The third kappa shape index (κ3) is 3.57. The highest BCUT2D eigenvalue weighted by Gasteiger charge is 2.39. The third-order valence-corrected chi connectivity index (χ3v) is 5.01. The highest BCUT2D eigenvalue weighted by atomic mass is 16.5. The van der Waals surface area contributed by atoms with E-state index in [2.05, 4.69) is 17.4 Å². The molecule has 1 saturated carbocycles. The van der Waals surface area contributed by atoms with E-state index >= 15 is 0 Å².